The second-order valence-electron chi connectivity index (χ2n) is 16.8. The quantitative estimate of drug-likeness (QED) is 0.118. The SMILES string of the molecule is C#CCCN(C)[C@H]1C[C@@H](C)O[C@@H](O[C@@H]2[C@@H](C)C(=O)[C@@H](C)C(=O)O[C@H](CC)[C@@](C)(O)[C@H](O)[C@@H](C)/C(=N/OC3CCC(N(C)C)CC3)[C@H](C)C[C@@]2(C)O)[C@@H]1O. The van der Waals surface area contributed by atoms with Crippen LogP contribution in [0.3, 0.4) is 0 Å². The van der Waals surface area contributed by atoms with Gasteiger partial charge in [-0.25, -0.2) is 0 Å². The number of nitrogens with zero attached hydrogens (tertiary/aromatic N) is 3. The van der Waals surface area contributed by atoms with Crippen LogP contribution in [0, 0.1) is 36.0 Å². The fourth-order valence-electron chi connectivity index (χ4n) is 8.57. The summed E-state index contributed by atoms with van der Waals surface area (Å²) in [4.78, 5) is 37.9. The summed E-state index contributed by atoms with van der Waals surface area (Å²) in [6, 6.07) is 0.0808. The number of hydrogen-bond donors (Lipinski definition) is 4. The lowest BCUT2D eigenvalue weighted by Crippen LogP contribution is -2.60. The van der Waals surface area contributed by atoms with Gasteiger partial charge in [-0.15, -0.1) is 12.3 Å². The van der Waals surface area contributed by atoms with E-state index >= 15 is 0 Å². The lowest BCUT2D eigenvalue weighted by Gasteiger charge is -2.46. The average molecular weight is 752 g/mol. The highest BCUT2D eigenvalue weighted by molar-refractivity contribution is 6.00. The molecule has 0 amide bonds. The molecule has 0 radical (unpaired) electrons. The second-order valence-corrected chi connectivity index (χ2v) is 16.8. The van der Waals surface area contributed by atoms with E-state index in [-0.39, 0.29) is 31.1 Å². The van der Waals surface area contributed by atoms with E-state index in [0.29, 0.717) is 31.1 Å². The lowest BCUT2D eigenvalue weighted by molar-refractivity contribution is -0.293. The van der Waals surface area contributed by atoms with Gasteiger partial charge in [0.15, 0.2) is 12.1 Å². The largest absolute Gasteiger partial charge is 0.459 e. The number of Topliss-reactive ketones (excluding diaryl/α,β-unsaturated/α-hetero) is 1. The molecule has 3 rings (SSSR count). The predicted octanol–water partition coefficient (Wildman–Crippen LogP) is 3.14. The Morgan fingerprint density at radius 2 is 1.62 bits per heavy atom. The monoisotopic (exact) mass is 751 g/mol. The molecule has 2 saturated heterocycles. The highest BCUT2D eigenvalue weighted by Crippen LogP contribution is 2.37. The number of ether oxygens (including phenoxy) is 3. The van der Waals surface area contributed by atoms with Crippen molar-refractivity contribution in [3.05, 3.63) is 0 Å². The van der Waals surface area contributed by atoms with E-state index < -0.39 is 77.3 Å². The Morgan fingerprint density at radius 1 is 1.00 bits per heavy atom. The van der Waals surface area contributed by atoms with Crippen molar-refractivity contribution >= 4 is 17.5 Å². The van der Waals surface area contributed by atoms with Crippen LogP contribution < -0.4 is 0 Å². The first kappa shape index (κ1) is 45.2. The van der Waals surface area contributed by atoms with Crippen molar-refractivity contribution in [2.75, 3.05) is 27.7 Å². The summed E-state index contributed by atoms with van der Waals surface area (Å²) in [6.07, 6.45) is 3.43. The van der Waals surface area contributed by atoms with E-state index in [0.717, 1.165) is 25.7 Å². The molecule has 13 nitrogen and oxygen atoms in total. The van der Waals surface area contributed by atoms with Crippen molar-refractivity contribution in [3.8, 4) is 12.3 Å². The van der Waals surface area contributed by atoms with Crippen LogP contribution in [-0.4, -0.2) is 142 Å². The molecular formula is C40H69N3O10. The molecule has 1 aliphatic carbocycles. The normalized spacial score (nSPS) is 43.3. The molecule has 3 aliphatic rings. The molecule has 53 heavy (non-hydrogen) atoms. The molecule has 13 heteroatoms. The molecule has 4 N–H and O–H groups in total. The lowest BCUT2D eigenvalue weighted by atomic mass is 9.74. The maximum absolute atomic E-state index is 14.1. The van der Waals surface area contributed by atoms with Gasteiger partial charge in [0, 0.05) is 42.8 Å². The number of oxime groups is 1. The fraction of sp³-hybridized carbons (Fsp3) is 0.875. The van der Waals surface area contributed by atoms with E-state index in [1.54, 1.807) is 27.7 Å². The number of esters is 1. The molecular weight excluding hydrogens is 682 g/mol. The zero-order valence-corrected chi connectivity index (χ0v) is 34.0. The van der Waals surface area contributed by atoms with E-state index in [2.05, 4.69) is 30.1 Å². The number of cyclic esters (lactones) is 1. The van der Waals surface area contributed by atoms with Crippen LogP contribution in [0.5, 0.6) is 0 Å². The van der Waals surface area contributed by atoms with Crippen molar-refractivity contribution in [2.24, 2.45) is 28.8 Å². The Hall–Kier alpha value is -2.15. The van der Waals surface area contributed by atoms with Crippen molar-refractivity contribution in [2.45, 2.75) is 173 Å². The minimum Gasteiger partial charge on any atom is -0.459 e. The molecule has 2 heterocycles. The van der Waals surface area contributed by atoms with Crippen LogP contribution >= 0.6 is 0 Å². The molecule has 1 saturated carbocycles. The Morgan fingerprint density at radius 3 is 2.19 bits per heavy atom. The standard InChI is InChI=1S/C40H69N3O10/c1-13-15-20-43(12)30-21-24(4)50-38(34(30)45)52-36-26(6)33(44)27(7)37(47)51-31(14-2)40(9,49)35(46)25(5)32(23(3)22-39(36,8)48)41-53-29-18-16-28(17-19-29)42(10)11/h1,23-31,34-36,38,45-46,48-49H,14-22H2,2-12H3/b41-32+/t23-,24-,25+,26+,27-,28?,29?,30+,31-,34-,35-,36-,38+,39-,40-/m1/s1. The summed E-state index contributed by atoms with van der Waals surface area (Å²) >= 11 is 0. The van der Waals surface area contributed by atoms with Gasteiger partial charge in [0.05, 0.1) is 29.6 Å². The Labute approximate surface area is 317 Å². The summed E-state index contributed by atoms with van der Waals surface area (Å²) in [5.41, 5.74) is -3.29. The smallest absolute Gasteiger partial charge is 0.316 e. The number of ketones is 1. The van der Waals surface area contributed by atoms with Crippen LogP contribution in [-0.2, 0) is 28.6 Å². The Kier molecular flexibility index (Phi) is 16.3. The van der Waals surface area contributed by atoms with Crippen LogP contribution in [0.15, 0.2) is 5.16 Å². The second kappa shape index (κ2) is 19.1. The minimum atomic E-state index is -1.92. The maximum Gasteiger partial charge on any atom is 0.316 e. The first-order valence-electron chi connectivity index (χ1n) is 19.6. The Balaban J connectivity index is 2.07. The van der Waals surface area contributed by atoms with E-state index in [1.807, 2.05) is 25.8 Å². The van der Waals surface area contributed by atoms with E-state index in [9.17, 15) is 30.0 Å². The fourth-order valence-corrected chi connectivity index (χ4v) is 8.57. The van der Waals surface area contributed by atoms with Gasteiger partial charge in [0.2, 0.25) is 0 Å². The zero-order valence-electron chi connectivity index (χ0n) is 34.0. The van der Waals surface area contributed by atoms with Gasteiger partial charge in [0.25, 0.3) is 0 Å². The molecule has 0 aromatic heterocycles. The third kappa shape index (κ3) is 11.0. The van der Waals surface area contributed by atoms with Gasteiger partial charge in [-0.1, -0.05) is 32.9 Å². The van der Waals surface area contributed by atoms with E-state index in [1.165, 1.54) is 13.8 Å². The number of likely N-dealkylation sites (N-methyl/N-ethyl adjacent to an activating group) is 1. The molecule has 0 aromatic carbocycles. The molecule has 3 fully saturated rings. The van der Waals surface area contributed by atoms with Crippen LogP contribution in [0.1, 0.15) is 107 Å². The first-order valence-corrected chi connectivity index (χ1v) is 19.6. The van der Waals surface area contributed by atoms with Gasteiger partial charge in [-0.05, 0) is 93.8 Å². The van der Waals surface area contributed by atoms with Gasteiger partial charge >= 0.3 is 5.97 Å². The third-order valence-electron chi connectivity index (χ3n) is 12.1. The van der Waals surface area contributed by atoms with Crippen molar-refractivity contribution in [1.29, 1.82) is 0 Å². The highest BCUT2D eigenvalue weighted by Gasteiger charge is 2.51. The number of hydrogen-bond acceptors (Lipinski definition) is 13. The predicted molar refractivity (Wildman–Crippen MR) is 202 cm³/mol. The van der Waals surface area contributed by atoms with Crippen LogP contribution in [0.2, 0.25) is 0 Å². The van der Waals surface area contributed by atoms with Gasteiger partial charge < -0.3 is 44.4 Å². The Bertz CT molecular complexity index is 1280. The van der Waals surface area contributed by atoms with Gasteiger partial charge in [-0.2, -0.15) is 0 Å². The maximum atomic E-state index is 14.1. The number of aliphatic hydroxyl groups excluding tert-OH is 2. The van der Waals surface area contributed by atoms with Crippen LogP contribution in [0.4, 0.5) is 0 Å². The topological polar surface area (TPSA) is 171 Å². The summed E-state index contributed by atoms with van der Waals surface area (Å²) in [7, 11) is 6.00. The third-order valence-corrected chi connectivity index (χ3v) is 12.1. The van der Waals surface area contributed by atoms with E-state index in [4.69, 9.17) is 25.5 Å². The van der Waals surface area contributed by atoms with Gasteiger partial charge in [-0.3, -0.25) is 14.5 Å². The molecule has 0 unspecified atom stereocenters. The molecule has 13 atom stereocenters. The van der Waals surface area contributed by atoms with Crippen molar-refractivity contribution in [1.82, 2.24) is 9.80 Å². The molecule has 2 aliphatic heterocycles. The van der Waals surface area contributed by atoms with Gasteiger partial charge in [0.1, 0.15) is 29.8 Å². The number of carbonyl (C=O) groups is 2. The zero-order chi connectivity index (χ0) is 40.0. The molecule has 0 bridgehead atoms. The number of aliphatic hydroxyl groups is 4. The van der Waals surface area contributed by atoms with Crippen LogP contribution in [0.25, 0.3) is 0 Å². The average Bonchev–Trinajstić information content (AvgIpc) is 3.10. The first-order chi connectivity index (χ1) is 24.7. The minimum absolute atomic E-state index is 0.00996. The summed E-state index contributed by atoms with van der Waals surface area (Å²) < 4.78 is 18.4. The van der Waals surface area contributed by atoms with Crippen molar-refractivity contribution in [3.63, 3.8) is 0 Å². The summed E-state index contributed by atoms with van der Waals surface area (Å²) in [5, 5.41) is 52.1. The van der Waals surface area contributed by atoms with Crippen molar-refractivity contribution < 1.29 is 49.1 Å². The highest BCUT2D eigenvalue weighted by atomic mass is 16.7. The number of rotatable bonds is 9. The molecule has 304 valence electrons. The molecule has 0 aromatic rings. The number of terminal acetylenes is 1. The summed E-state index contributed by atoms with van der Waals surface area (Å²) in [6.45, 7) is 13.7. The molecule has 0 spiro atoms. The number of carbonyl (C=O) groups excluding carboxylic acids is 2. The summed E-state index contributed by atoms with van der Waals surface area (Å²) in [5.74, 6) is -2.53.